The molecule has 0 aliphatic rings. The molecule has 8 heteroatoms. The molecule has 0 amide bonds. The number of rotatable bonds is 8. The lowest BCUT2D eigenvalue weighted by atomic mass is 10.2. The van der Waals surface area contributed by atoms with Gasteiger partial charge in [0.2, 0.25) is 0 Å². The number of hydrogen-bond acceptors (Lipinski definition) is 7. The standard InChI is InChI=1S/2C7H12O4/c1-5(2)7(10)11-4-6(9)3-8;1-5(7(10)11)2-3-6(9)4-8/h6,8-9H,1,3-4H2,2H3;2,6,8-9H,3-4H2,1H3,(H,10,11). The van der Waals surface area contributed by atoms with E-state index in [9.17, 15) is 9.59 Å². The van der Waals surface area contributed by atoms with Crippen LogP contribution in [0.5, 0.6) is 0 Å². The van der Waals surface area contributed by atoms with Crippen LogP contribution in [-0.2, 0) is 14.3 Å². The van der Waals surface area contributed by atoms with Gasteiger partial charge < -0.3 is 30.3 Å². The third-order valence-electron chi connectivity index (χ3n) is 2.21. The maximum atomic E-state index is 10.6. The monoisotopic (exact) mass is 320 g/mol. The van der Waals surface area contributed by atoms with Crippen LogP contribution >= 0.6 is 0 Å². The van der Waals surface area contributed by atoms with E-state index in [4.69, 9.17) is 25.5 Å². The van der Waals surface area contributed by atoms with Gasteiger partial charge in [-0.25, -0.2) is 9.59 Å². The SMILES string of the molecule is C=C(C)C(=O)OCC(O)CO.CC(=CCC(O)CO)C(=O)O. The van der Waals surface area contributed by atoms with E-state index < -0.39 is 30.8 Å². The summed E-state index contributed by atoms with van der Waals surface area (Å²) in [6.07, 6.45) is -0.305. The number of aliphatic hydroxyl groups is 4. The van der Waals surface area contributed by atoms with Gasteiger partial charge in [-0.05, 0) is 20.3 Å². The Hall–Kier alpha value is -1.74. The summed E-state index contributed by atoms with van der Waals surface area (Å²) in [4.78, 5) is 20.8. The van der Waals surface area contributed by atoms with Crippen molar-refractivity contribution < 1.29 is 39.9 Å². The molecule has 5 N–H and O–H groups in total. The Bertz CT molecular complexity index is 388. The minimum Gasteiger partial charge on any atom is -0.478 e. The molecule has 0 rings (SSSR count). The highest BCUT2D eigenvalue weighted by Gasteiger charge is 2.07. The largest absolute Gasteiger partial charge is 0.478 e. The Kier molecular flexibility index (Phi) is 13.3. The van der Waals surface area contributed by atoms with Crippen LogP contribution in [0.15, 0.2) is 23.8 Å². The topological polar surface area (TPSA) is 145 Å². The fraction of sp³-hybridized carbons (Fsp3) is 0.571. The second-order valence-electron chi connectivity index (χ2n) is 4.48. The fourth-order valence-electron chi connectivity index (χ4n) is 0.822. The Morgan fingerprint density at radius 3 is 2.00 bits per heavy atom. The Morgan fingerprint density at radius 2 is 1.64 bits per heavy atom. The summed E-state index contributed by atoms with van der Waals surface area (Å²) in [5.41, 5.74) is 0.452. The molecule has 0 bridgehead atoms. The molecule has 0 radical (unpaired) electrons. The molecular formula is C14H24O8. The average Bonchev–Trinajstić information content (AvgIpc) is 2.49. The number of carboxylic acids is 1. The summed E-state index contributed by atoms with van der Waals surface area (Å²) < 4.78 is 4.51. The molecule has 22 heavy (non-hydrogen) atoms. The first-order chi connectivity index (χ1) is 10.1. The van der Waals surface area contributed by atoms with Crippen LogP contribution in [-0.4, -0.2) is 69.5 Å². The third kappa shape index (κ3) is 13.3. The maximum Gasteiger partial charge on any atom is 0.333 e. The molecule has 128 valence electrons. The zero-order chi connectivity index (χ0) is 17.7. The van der Waals surface area contributed by atoms with E-state index >= 15 is 0 Å². The number of carbonyl (C=O) groups excluding carboxylic acids is 1. The van der Waals surface area contributed by atoms with E-state index in [0.29, 0.717) is 0 Å². The molecule has 0 aromatic heterocycles. The molecule has 0 aliphatic heterocycles. The van der Waals surface area contributed by atoms with Crippen LogP contribution in [0.1, 0.15) is 20.3 Å². The van der Waals surface area contributed by atoms with Crippen LogP contribution < -0.4 is 0 Å². The quantitative estimate of drug-likeness (QED) is 0.289. The molecule has 0 aromatic carbocycles. The van der Waals surface area contributed by atoms with Crippen molar-refractivity contribution in [2.24, 2.45) is 0 Å². The van der Waals surface area contributed by atoms with Gasteiger partial charge in [0.05, 0.1) is 19.3 Å². The van der Waals surface area contributed by atoms with Gasteiger partial charge in [0.25, 0.3) is 0 Å². The van der Waals surface area contributed by atoms with Crippen molar-refractivity contribution in [3.63, 3.8) is 0 Å². The van der Waals surface area contributed by atoms with E-state index in [2.05, 4.69) is 11.3 Å². The molecule has 2 unspecified atom stereocenters. The number of carboxylic acid groups (broad SMARTS) is 1. The van der Waals surface area contributed by atoms with Gasteiger partial charge >= 0.3 is 11.9 Å². The molecule has 2 atom stereocenters. The maximum absolute atomic E-state index is 10.6. The molecule has 0 saturated heterocycles. The van der Waals surface area contributed by atoms with Gasteiger partial charge in [-0.3, -0.25) is 0 Å². The van der Waals surface area contributed by atoms with Gasteiger partial charge in [-0.1, -0.05) is 12.7 Å². The number of carbonyl (C=O) groups is 2. The number of ether oxygens (including phenoxy) is 1. The minimum atomic E-state index is -1.00. The molecule has 0 spiro atoms. The van der Waals surface area contributed by atoms with Gasteiger partial charge in [0.1, 0.15) is 12.7 Å². The smallest absolute Gasteiger partial charge is 0.333 e. The highest BCUT2D eigenvalue weighted by molar-refractivity contribution is 5.87. The van der Waals surface area contributed by atoms with Crippen molar-refractivity contribution in [1.82, 2.24) is 0 Å². The highest BCUT2D eigenvalue weighted by atomic mass is 16.5. The summed E-state index contributed by atoms with van der Waals surface area (Å²) >= 11 is 0. The fourth-order valence-corrected chi connectivity index (χ4v) is 0.822. The van der Waals surface area contributed by atoms with E-state index in [1.807, 2.05) is 0 Å². The summed E-state index contributed by atoms with van der Waals surface area (Å²) in [7, 11) is 0. The average molecular weight is 320 g/mol. The third-order valence-corrected chi connectivity index (χ3v) is 2.21. The van der Waals surface area contributed by atoms with Gasteiger partial charge in [-0.2, -0.15) is 0 Å². The van der Waals surface area contributed by atoms with Crippen LogP contribution in [0.4, 0.5) is 0 Å². The van der Waals surface area contributed by atoms with Crippen molar-refractivity contribution in [3.05, 3.63) is 23.8 Å². The second kappa shape index (κ2) is 13.0. The zero-order valence-electron chi connectivity index (χ0n) is 12.7. The summed E-state index contributed by atoms with van der Waals surface area (Å²) in [6.45, 7) is 5.34. The van der Waals surface area contributed by atoms with Crippen LogP contribution in [0.2, 0.25) is 0 Å². The van der Waals surface area contributed by atoms with E-state index in [-0.39, 0.29) is 30.8 Å². The van der Waals surface area contributed by atoms with Crippen LogP contribution in [0.3, 0.4) is 0 Å². The summed E-state index contributed by atoms with van der Waals surface area (Å²) in [5, 5.41) is 42.6. The molecule has 0 saturated carbocycles. The Balaban J connectivity index is 0. The number of hydrogen-bond donors (Lipinski definition) is 5. The van der Waals surface area contributed by atoms with Crippen molar-refractivity contribution in [2.75, 3.05) is 19.8 Å². The van der Waals surface area contributed by atoms with Gasteiger partial charge in [-0.15, -0.1) is 0 Å². The normalized spacial score (nSPS) is 13.5. The Labute approximate surface area is 129 Å². The van der Waals surface area contributed by atoms with Crippen molar-refractivity contribution in [2.45, 2.75) is 32.5 Å². The van der Waals surface area contributed by atoms with Crippen molar-refractivity contribution in [3.8, 4) is 0 Å². The first kappa shape index (κ1) is 22.5. The van der Waals surface area contributed by atoms with Crippen molar-refractivity contribution in [1.29, 1.82) is 0 Å². The van der Waals surface area contributed by atoms with Gasteiger partial charge in [0.15, 0.2) is 0 Å². The minimum absolute atomic E-state index is 0.175. The summed E-state index contributed by atoms with van der Waals surface area (Å²) in [6, 6.07) is 0. The first-order valence-corrected chi connectivity index (χ1v) is 6.46. The number of esters is 1. The van der Waals surface area contributed by atoms with Crippen LogP contribution in [0, 0.1) is 0 Å². The highest BCUT2D eigenvalue weighted by Crippen LogP contribution is 1.98. The molecular weight excluding hydrogens is 296 g/mol. The van der Waals surface area contributed by atoms with Crippen molar-refractivity contribution >= 4 is 11.9 Å². The molecule has 8 nitrogen and oxygen atoms in total. The molecule has 0 aromatic rings. The Morgan fingerprint density at radius 1 is 1.14 bits per heavy atom. The molecule has 0 fully saturated rings. The number of aliphatic hydroxyl groups excluding tert-OH is 4. The first-order valence-electron chi connectivity index (χ1n) is 6.46. The lowest BCUT2D eigenvalue weighted by Gasteiger charge is -2.07. The predicted molar refractivity (Wildman–Crippen MR) is 78.0 cm³/mol. The van der Waals surface area contributed by atoms with E-state index in [1.54, 1.807) is 0 Å². The number of aliphatic carboxylic acids is 1. The lowest BCUT2D eigenvalue weighted by molar-refractivity contribution is -0.142. The zero-order valence-corrected chi connectivity index (χ0v) is 12.7. The lowest BCUT2D eigenvalue weighted by Crippen LogP contribution is -2.22. The van der Waals surface area contributed by atoms with E-state index in [1.165, 1.54) is 19.9 Å². The van der Waals surface area contributed by atoms with Gasteiger partial charge in [0, 0.05) is 11.1 Å². The van der Waals surface area contributed by atoms with Crippen LogP contribution in [0.25, 0.3) is 0 Å². The summed E-state index contributed by atoms with van der Waals surface area (Å²) in [5.74, 6) is -1.56. The molecule has 0 aliphatic carbocycles. The predicted octanol–water partition coefficient (Wildman–Crippen LogP) is -0.780. The van der Waals surface area contributed by atoms with E-state index in [0.717, 1.165) is 0 Å². The second-order valence-corrected chi connectivity index (χ2v) is 4.48. The molecule has 0 heterocycles.